The number of carboxylic acid groups (broad SMARTS) is 11. The van der Waals surface area contributed by atoms with Gasteiger partial charge in [-0.05, 0) is 6.42 Å². The third-order valence-electron chi connectivity index (χ3n) is 2.80. The van der Waals surface area contributed by atoms with Gasteiger partial charge in [0.2, 0.25) is 0 Å². The molecular formula is C44H166CaN5O56S2-9. The van der Waals surface area contributed by atoms with E-state index in [4.69, 9.17) is 154 Å². The van der Waals surface area contributed by atoms with Gasteiger partial charge in [-0.2, -0.15) is 13.5 Å². The number of rotatable bonds is 6. The second-order valence-corrected chi connectivity index (χ2v) is 6.35. The van der Waals surface area contributed by atoms with Crippen LogP contribution in [0.3, 0.4) is 0 Å². The quantitative estimate of drug-likeness (QED) is 0.0508. The molecule has 5 unspecified atom stereocenters. The number of nitrogens with two attached hydrogens (primary N) is 1. The zero-order valence-electron chi connectivity index (χ0n) is 66.1. The molecule has 1 aliphatic rings. The number of carbonyl (C=O) groups excluding carboxylic acids is 11. The minimum absolute atomic E-state index is 0. The van der Waals surface area contributed by atoms with Crippen LogP contribution in [0.5, 0.6) is 0 Å². The van der Waals surface area contributed by atoms with E-state index >= 15 is 0 Å². The molecule has 0 saturated carbocycles. The first-order valence-corrected chi connectivity index (χ1v) is 23.2. The van der Waals surface area contributed by atoms with Crippen LogP contribution >= 0.6 is 25.4 Å². The summed E-state index contributed by atoms with van der Waals surface area (Å²) in [6.07, 6.45) is -4.13. The number of unbranched alkanes of at least 4 members (excludes halogenated alkanes) is 1. The standard InChI is InChI=1S/C10H20O6.C2H7NS.8C2H6.11CH2O2.5CH4O.Ca.4H3N.23H2O.H2S/c1-2-3-4-15-10-9(14)8(13)7(12)6(5-11)16-10;1-2-4-3;8*1-2;11*2-1-3;5*1-2;;;;;;;;;;;;;;;;;;;;;;;;;;;;;/h6-14H,2-5H2,1H3;2-3H2,1H3;8*1-2H3;11*1H,(H,2,3);5*2H,1H3;;4*1H3;24*1H2/q;;;;;;;;;;;;;;;;;;;;;;;;;;+2;;;;;;;;;;;;;;;;;;;;;;;;;;;;/p-11. The van der Waals surface area contributed by atoms with Gasteiger partial charge < -0.3 is 315 Å². The van der Waals surface area contributed by atoms with Crippen molar-refractivity contribution in [3.05, 3.63) is 0 Å². The summed E-state index contributed by atoms with van der Waals surface area (Å²) in [6.45, 7) is 30.5. The van der Waals surface area contributed by atoms with E-state index in [9.17, 15) is 15.3 Å². The van der Waals surface area contributed by atoms with E-state index in [1.54, 1.807) is 0 Å². The Morgan fingerprint density at radius 2 is 0.435 bits per heavy atom. The Balaban J connectivity index is -0.00000000555. The molecule has 0 spiro atoms. The fourth-order valence-electron chi connectivity index (χ4n) is 1.55. The van der Waals surface area contributed by atoms with Gasteiger partial charge in [0.05, 0.1) is 6.61 Å². The van der Waals surface area contributed by atoms with Crippen LogP contribution in [0.4, 0.5) is 0 Å². The molecule has 1 saturated heterocycles. The molecule has 0 aromatic carbocycles. The molecule has 69 N–H and O–H groups in total. The summed E-state index contributed by atoms with van der Waals surface area (Å²) in [6, 6.07) is 0. The average molecular weight is 1770 g/mol. The van der Waals surface area contributed by atoms with E-state index in [-0.39, 0.29) is 202 Å². The van der Waals surface area contributed by atoms with Gasteiger partial charge >= 0.3 is 37.7 Å². The van der Waals surface area contributed by atoms with Crippen molar-refractivity contribution < 1.29 is 290 Å². The molecule has 0 aliphatic carbocycles. The Hall–Kier alpha value is -5.43. The first kappa shape index (κ1) is 449. The summed E-state index contributed by atoms with van der Waals surface area (Å²) >= 11 is 1.36. The first-order valence-electron chi connectivity index (χ1n) is 22.2. The summed E-state index contributed by atoms with van der Waals surface area (Å²) in [5.74, 6) is 1.01. The van der Waals surface area contributed by atoms with Crippen molar-refractivity contribution in [1.29, 1.82) is 0 Å². The molecule has 61 nitrogen and oxygen atoms in total. The summed E-state index contributed by atoms with van der Waals surface area (Å²) < 4.78 is 10.4. The largest absolute Gasteiger partial charge is 2.00 e. The predicted octanol–water partition coefficient (Wildman–Crippen LogP) is -31.1. The van der Waals surface area contributed by atoms with Gasteiger partial charge in [-0.1, -0.05) is 143 Å². The summed E-state index contributed by atoms with van der Waals surface area (Å²) in [7, 11) is 5.00. The average Bonchev–Trinajstić information content (AvgIpc) is 3.50. The third-order valence-corrected chi connectivity index (χ3v) is 3.13. The zero-order valence-corrected chi connectivity index (χ0v) is 70.1. The monoisotopic (exact) mass is 1760 g/mol. The maximum absolute atomic E-state index is 9.58. The normalized spacial score (nSPS) is 8.14. The maximum Gasteiger partial charge on any atom is 2.00 e. The Bertz CT molecular complexity index is 661. The molecule has 1 fully saturated rings. The number of ether oxygens (including phenoxy) is 2. The van der Waals surface area contributed by atoms with Gasteiger partial charge in [-0.3, -0.25) is 5.14 Å². The van der Waals surface area contributed by atoms with Gasteiger partial charge in [0.15, 0.2) is 6.29 Å². The number of hydrogen-bond donors (Lipinski definition) is 14. The van der Waals surface area contributed by atoms with Gasteiger partial charge in [0.1, 0.15) is 24.4 Å². The fraction of sp³-hybridized carbons (Fsp3) is 0.750. The maximum atomic E-state index is 9.58. The van der Waals surface area contributed by atoms with Gasteiger partial charge in [0.25, 0.3) is 0 Å². The molecule has 0 amide bonds. The number of carbonyl (C=O) groups is 11. The fourth-order valence-corrected chi connectivity index (χ4v) is 1.55. The molecule has 0 bridgehead atoms. The van der Waals surface area contributed by atoms with Crippen LogP contribution < -0.4 is 85.9 Å². The first-order chi connectivity index (χ1) is 38.1. The molecule has 0 aromatic rings. The molecule has 0 aromatic heterocycles. The molecule has 726 valence electrons. The molecule has 108 heavy (non-hydrogen) atoms. The van der Waals surface area contributed by atoms with Crippen LogP contribution in [0.2, 0.25) is 0 Å². The SMILES string of the molecule is CC.CC.CC.CC.CC.CC.CC.CC.CCCCOC1OC(CO)C(O)C(O)C1O.CCSN.CO.CO.CO.CO.CO.N.N.N.N.O.O.O.O.O.O.O.O.O.O.O.O.O.O.O.O.O.O.O.O.O.O.O.O=C[O-].O=C[O-].O=C[O-].O=C[O-].O=C[O-].O=C[O-].O=C[O-].O=C[O-].O=C[O-].O=C[O-].O=C[O-].S.[Ca+2]. The van der Waals surface area contributed by atoms with E-state index in [2.05, 4.69) is 0 Å². The summed E-state index contributed by atoms with van der Waals surface area (Å²) in [5.41, 5.74) is 0. The molecule has 64 heteroatoms. The van der Waals surface area contributed by atoms with Crippen LogP contribution in [0.15, 0.2) is 0 Å². The molecule has 0 radical (unpaired) electrons. The Kier molecular flexibility index (Phi) is 5230. The van der Waals surface area contributed by atoms with E-state index in [0.29, 0.717) is 6.61 Å². The smallest absolute Gasteiger partial charge is 0.554 e. The van der Waals surface area contributed by atoms with E-state index in [1.807, 2.05) is 125 Å². The van der Waals surface area contributed by atoms with Crippen molar-refractivity contribution in [1.82, 2.24) is 24.6 Å². The number of aliphatic hydroxyl groups excluding tert-OH is 9. The van der Waals surface area contributed by atoms with E-state index < -0.39 is 109 Å². The summed E-state index contributed by atoms with van der Waals surface area (Å²) in [5, 5.41) is 168. The molecule has 1 heterocycles. The van der Waals surface area contributed by atoms with Crippen LogP contribution in [0.1, 0.15) is 137 Å². The van der Waals surface area contributed by atoms with Crippen molar-refractivity contribution in [2.75, 3.05) is 54.5 Å². The van der Waals surface area contributed by atoms with Crippen molar-refractivity contribution in [2.45, 2.75) is 168 Å². The molecule has 5 atom stereocenters. The molecule has 1 rings (SSSR count). The third kappa shape index (κ3) is 1960. The number of hydrogen-bond acceptors (Lipinski definition) is 39. The van der Waals surface area contributed by atoms with Gasteiger partial charge in [0, 0.05) is 119 Å². The number of aliphatic hydroxyl groups is 9. The van der Waals surface area contributed by atoms with Crippen molar-refractivity contribution >= 4 is 134 Å². The Morgan fingerprint density at radius 3 is 0.519 bits per heavy atom. The van der Waals surface area contributed by atoms with Crippen molar-refractivity contribution in [3.63, 3.8) is 0 Å². The second kappa shape index (κ2) is 1260. The predicted molar refractivity (Wildman–Crippen MR) is 394 cm³/mol. The molecular weight excluding hydrogens is 1600 g/mol. The van der Waals surface area contributed by atoms with Crippen LogP contribution in [0.25, 0.3) is 0 Å². The second-order valence-electron chi connectivity index (χ2n) is 5.44. The topological polar surface area (TPSA) is 1530 Å². The van der Waals surface area contributed by atoms with Crippen LogP contribution in [-0.2, 0) is 62.2 Å². The minimum Gasteiger partial charge on any atom is -0.554 e. The van der Waals surface area contributed by atoms with Crippen LogP contribution in [-0.4, -0.2) is 366 Å². The molecule has 1 aliphatic heterocycles. The van der Waals surface area contributed by atoms with E-state index in [0.717, 1.165) is 54.1 Å². The summed E-state index contributed by atoms with van der Waals surface area (Å²) in [4.78, 5) is 90.8. The minimum atomic E-state index is -1.36. The van der Waals surface area contributed by atoms with Crippen molar-refractivity contribution in [3.8, 4) is 0 Å². The Labute approximate surface area is 674 Å². The van der Waals surface area contributed by atoms with Crippen molar-refractivity contribution in [2.24, 2.45) is 5.14 Å². The zero-order chi connectivity index (χ0) is 71.3. The van der Waals surface area contributed by atoms with Gasteiger partial charge in [-0.25, -0.2) is 0 Å². The van der Waals surface area contributed by atoms with Crippen LogP contribution in [0, 0.1) is 0 Å². The van der Waals surface area contributed by atoms with Gasteiger partial charge in [-0.15, -0.1) is 0 Å². The Morgan fingerprint density at radius 1 is 0.324 bits per heavy atom. The van der Waals surface area contributed by atoms with E-state index in [1.165, 1.54) is 11.9 Å².